The van der Waals surface area contributed by atoms with Gasteiger partial charge in [-0.1, -0.05) is 0 Å². The molecule has 2 aromatic heterocycles. The third kappa shape index (κ3) is 2.39. The second kappa shape index (κ2) is 5.14. The Labute approximate surface area is 118 Å². The number of nitrogens with two attached hydrogens (primary N) is 1. The number of carbonyl (C=O) groups is 1. The summed E-state index contributed by atoms with van der Waals surface area (Å²) >= 11 is 1.57. The van der Waals surface area contributed by atoms with Crippen LogP contribution in [0.4, 0.5) is 11.4 Å². The van der Waals surface area contributed by atoms with Crippen LogP contribution in [-0.2, 0) is 0 Å². The van der Waals surface area contributed by atoms with E-state index in [1.807, 2.05) is 29.6 Å². The smallest absolute Gasteiger partial charge is 0.275 e. The zero-order valence-corrected chi connectivity index (χ0v) is 11.1. The zero-order chi connectivity index (χ0) is 13.9. The highest BCUT2D eigenvalue weighted by molar-refractivity contribution is 7.13. The number of aromatic amines is 1. The highest BCUT2D eigenvalue weighted by Crippen LogP contribution is 2.23. The third-order valence-corrected chi connectivity index (χ3v) is 3.54. The summed E-state index contributed by atoms with van der Waals surface area (Å²) in [4.78, 5) is 16.2. The first kappa shape index (κ1) is 12.4. The maximum atomic E-state index is 11.9. The van der Waals surface area contributed by atoms with Crippen LogP contribution in [-0.4, -0.2) is 21.1 Å². The molecular formula is C13H11N5OS. The quantitative estimate of drug-likeness (QED) is 0.688. The maximum absolute atomic E-state index is 11.9. The van der Waals surface area contributed by atoms with Crippen molar-refractivity contribution >= 4 is 28.6 Å². The highest BCUT2D eigenvalue weighted by Gasteiger charge is 2.11. The Kier molecular flexibility index (Phi) is 3.18. The molecule has 3 rings (SSSR count). The lowest BCUT2D eigenvalue weighted by Gasteiger charge is -2.05. The molecule has 0 bridgehead atoms. The van der Waals surface area contributed by atoms with Gasteiger partial charge in [0.05, 0.1) is 11.9 Å². The molecule has 4 N–H and O–H groups in total. The van der Waals surface area contributed by atoms with Crippen LogP contribution in [0.15, 0.2) is 42.0 Å². The molecular weight excluding hydrogens is 274 g/mol. The van der Waals surface area contributed by atoms with Crippen molar-refractivity contribution in [3.63, 3.8) is 0 Å². The van der Waals surface area contributed by atoms with Crippen molar-refractivity contribution in [2.45, 2.75) is 0 Å². The molecule has 0 aliphatic carbocycles. The molecule has 6 nitrogen and oxygen atoms in total. The third-order valence-electron chi connectivity index (χ3n) is 2.72. The molecule has 0 unspecified atom stereocenters. The van der Waals surface area contributed by atoms with Gasteiger partial charge in [-0.25, -0.2) is 4.98 Å². The van der Waals surface area contributed by atoms with Crippen molar-refractivity contribution in [1.29, 1.82) is 0 Å². The maximum Gasteiger partial charge on any atom is 0.275 e. The molecule has 0 aliphatic rings. The number of amides is 1. The normalized spacial score (nSPS) is 10.4. The number of thiazole rings is 1. The number of rotatable bonds is 3. The second-order valence-corrected chi connectivity index (χ2v) is 4.96. The van der Waals surface area contributed by atoms with E-state index in [4.69, 9.17) is 5.73 Å². The second-order valence-electron chi connectivity index (χ2n) is 4.07. The van der Waals surface area contributed by atoms with Crippen molar-refractivity contribution in [3.05, 3.63) is 47.7 Å². The summed E-state index contributed by atoms with van der Waals surface area (Å²) in [5.74, 6) is -0.318. The lowest BCUT2D eigenvalue weighted by atomic mass is 10.2. The summed E-state index contributed by atoms with van der Waals surface area (Å²) in [7, 11) is 0. The number of H-pyrrole nitrogens is 1. The molecule has 0 saturated heterocycles. The van der Waals surface area contributed by atoms with Crippen LogP contribution < -0.4 is 11.1 Å². The Balaban J connectivity index is 1.76. The summed E-state index contributed by atoms with van der Waals surface area (Å²) in [6.45, 7) is 0. The molecule has 2 heterocycles. The Hall–Kier alpha value is -2.67. The van der Waals surface area contributed by atoms with E-state index in [1.165, 1.54) is 6.20 Å². The van der Waals surface area contributed by atoms with Crippen molar-refractivity contribution in [3.8, 4) is 10.6 Å². The fraction of sp³-hybridized carbons (Fsp3) is 0. The van der Waals surface area contributed by atoms with Gasteiger partial charge >= 0.3 is 0 Å². The lowest BCUT2D eigenvalue weighted by Crippen LogP contribution is -2.14. The zero-order valence-electron chi connectivity index (χ0n) is 10.3. The van der Waals surface area contributed by atoms with Gasteiger partial charge in [-0.3, -0.25) is 9.89 Å². The molecule has 20 heavy (non-hydrogen) atoms. The van der Waals surface area contributed by atoms with E-state index in [0.29, 0.717) is 11.4 Å². The van der Waals surface area contributed by atoms with Gasteiger partial charge in [0.25, 0.3) is 5.91 Å². The summed E-state index contributed by atoms with van der Waals surface area (Å²) in [6, 6.07) is 7.46. The number of carbonyl (C=O) groups excluding carboxylic acids is 1. The molecule has 3 aromatic rings. The Morgan fingerprint density at radius 3 is 2.70 bits per heavy atom. The lowest BCUT2D eigenvalue weighted by molar-refractivity contribution is 0.102. The first-order valence-corrected chi connectivity index (χ1v) is 6.72. The molecule has 1 amide bonds. The minimum atomic E-state index is -0.318. The number of anilines is 2. The van der Waals surface area contributed by atoms with E-state index in [9.17, 15) is 4.79 Å². The fourth-order valence-corrected chi connectivity index (χ4v) is 2.38. The minimum absolute atomic E-state index is 0.258. The average molecular weight is 285 g/mol. The van der Waals surface area contributed by atoms with E-state index in [1.54, 1.807) is 17.5 Å². The summed E-state index contributed by atoms with van der Waals surface area (Å²) in [5.41, 5.74) is 7.90. The monoisotopic (exact) mass is 285 g/mol. The SMILES string of the molecule is Nc1cn[nH]c1C(=O)Nc1ccc(-c2nccs2)cc1. The van der Waals surface area contributed by atoms with Crippen molar-refractivity contribution in [2.24, 2.45) is 0 Å². The van der Waals surface area contributed by atoms with E-state index < -0.39 is 0 Å². The molecule has 0 atom stereocenters. The van der Waals surface area contributed by atoms with Crippen LogP contribution in [0, 0.1) is 0 Å². The van der Waals surface area contributed by atoms with Gasteiger partial charge in [0, 0.05) is 22.8 Å². The fourth-order valence-electron chi connectivity index (χ4n) is 1.73. The van der Waals surface area contributed by atoms with Crippen molar-refractivity contribution in [2.75, 3.05) is 11.1 Å². The van der Waals surface area contributed by atoms with Gasteiger partial charge in [-0.05, 0) is 24.3 Å². The van der Waals surface area contributed by atoms with Crippen LogP contribution in [0.5, 0.6) is 0 Å². The topological polar surface area (TPSA) is 96.7 Å². The van der Waals surface area contributed by atoms with Crippen LogP contribution in [0.2, 0.25) is 0 Å². The highest BCUT2D eigenvalue weighted by atomic mass is 32.1. The number of hydrogen-bond donors (Lipinski definition) is 3. The Bertz CT molecular complexity index is 718. The van der Waals surface area contributed by atoms with Gasteiger partial charge in [-0.15, -0.1) is 11.3 Å². The van der Waals surface area contributed by atoms with Gasteiger partial charge in [0.15, 0.2) is 0 Å². The van der Waals surface area contributed by atoms with Crippen LogP contribution in [0.25, 0.3) is 10.6 Å². The van der Waals surface area contributed by atoms with Crippen LogP contribution in [0.1, 0.15) is 10.5 Å². The summed E-state index contributed by atoms with van der Waals surface area (Å²) in [6.07, 6.45) is 3.16. The van der Waals surface area contributed by atoms with Crippen LogP contribution in [0.3, 0.4) is 0 Å². The van der Waals surface area contributed by atoms with E-state index in [2.05, 4.69) is 20.5 Å². The van der Waals surface area contributed by atoms with Crippen molar-refractivity contribution in [1.82, 2.24) is 15.2 Å². The van der Waals surface area contributed by atoms with Gasteiger partial charge in [0.1, 0.15) is 10.7 Å². The number of nitrogens with zero attached hydrogens (tertiary/aromatic N) is 2. The molecule has 0 radical (unpaired) electrons. The first-order valence-electron chi connectivity index (χ1n) is 5.84. The standard InChI is InChI=1S/C13H11N5OS/c14-10-7-16-18-11(10)12(19)17-9-3-1-8(2-4-9)13-15-5-6-20-13/h1-7H,14H2,(H,16,18)(H,17,19). The summed E-state index contributed by atoms with van der Waals surface area (Å²) in [5, 5.41) is 11.9. The van der Waals surface area contributed by atoms with Gasteiger partial charge in [-0.2, -0.15) is 5.10 Å². The molecule has 0 saturated carbocycles. The molecule has 0 fully saturated rings. The molecule has 100 valence electrons. The summed E-state index contributed by atoms with van der Waals surface area (Å²) < 4.78 is 0. The van der Waals surface area contributed by atoms with E-state index >= 15 is 0 Å². The molecule has 7 heteroatoms. The predicted molar refractivity (Wildman–Crippen MR) is 78.5 cm³/mol. The van der Waals surface area contributed by atoms with E-state index in [0.717, 1.165) is 10.6 Å². The molecule has 0 spiro atoms. The first-order chi connectivity index (χ1) is 9.74. The Morgan fingerprint density at radius 1 is 1.30 bits per heavy atom. The van der Waals surface area contributed by atoms with Gasteiger partial charge < -0.3 is 11.1 Å². The number of aromatic nitrogens is 3. The number of benzene rings is 1. The Morgan fingerprint density at radius 2 is 2.10 bits per heavy atom. The van der Waals surface area contributed by atoms with Crippen molar-refractivity contribution < 1.29 is 4.79 Å². The largest absolute Gasteiger partial charge is 0.396 e. The van der Waals surface area contributed by atoms with E-state index in [-0.39, 0.29) is 11.6 Å². The minimum Gasteiger partial charge on any atom is -0.396 e. The predicted octanol–water partition coefficient (Wildman–Crippen LogP) is 2.37. The molecule has 1 aromatic carbocycles. The van der Waals surface area contributed by atoms with Crippen LogP contribution >= 0.6 is 11.3 Å². The number of nitrogens with one attached hydrogen (secondary N) is 2. The number of hydrogen-bond acceptors (Lipinski definition) is 5. The molecule has 0 aliphatic heterocycles. The van der Waals surface area contributed by atoms with Gasteiger partial charge in [0.2, 0.25) is 0 Å². The number of nitrogen functional groups attached to an aromatic ring is 1. The average Bonchev–Trinajstić information content (AvgIpc) is 3.10.